The second-order valence-electron chi connectivity index (χ2n) is 3.83. The summed E-state index contributed by atoms with van der Waals surface area (Å²) in [6, 6.07) is 3.88. The number of thiophene rings is 1. The molecule has 0 bridgehead atoms. The van der Waals surface area contributed by atoms with Crippen LogP contribution in [0.25, 0.3) is 0 Å². The molecule has 15 heavy (non-hydrogen) atoms. The number of carboxylic acids is 1. The third-order valence-corrected chi connectivity index (χ3v) is 4.15. The summed E-state index contributed by atoms with van der Waals surface area (Å²) in [5.41, 5.74) is 0. The quantitative estimate of drug-likeness (QED) is 0.881. The van der Waals surface area contributed by atoms with E-state index in [2.05, 4.69) is 6.42 Å². The lowest BCUT2D eigenvalue weighted by Crippen LogP contribution is -2.33. The molecule has 2 rings (SSSR count). The number of aliphatic carboxylic acids is 1. The van der Waals surface area contributed by atoms with Gasteiger partial charge in [-0.25, -0.2) is 0 Å². The fraction of sp³-hybridized carbons (Fsp3) is 0.455. The molecule has 1 aliphatic carbocycles. The zero-order valence-corrected chi connectivity index (χ0v) is 9.72. The molecule has 4 heteroatoms. The molecule has 0 aromatic carbocycles. The maximum absolute atomic E-state index is 10.8. The number of carbonyl (C=O) groups is 1. The predicted molar refractivity (Wildman–Crippen MR) is 61.2 cm³/mol. The highest BCUT2D eigenvalue weighted by Crippen LogP contribution is 2.37. The van der Waals surface area contributed by atoms with Crippen molar-refractivity contribution in [3.05, 3.63) is 27.8 Å². The molecule has 0 saturated heterocycles. The molecular weight excluding hydrogens is 232 g/mol. The van der Waals surface area contributed by atoms with Gasteiger partial charge in [-0.15, -0.1) is 11.3 Å². The minimum absolute atomic E-state index is 0.152. The standard InChI is InChI=1S/C11H12ClO2S/c12-10-6-4-8(15-10)3-1-7-2-5-9(7)11(13)14/h1,4,6-7,9H,2-3,5H2,(H,13,14). The second-order valence-corrected chi connectivity index (χ2v) is 5.63. The Bertz CT molecular complexity index is 361. The van der Waals surface area contributed by atoms with E-state index in [1.165, 1.54) is 4.88 Å². The number of hydrogen-bond acceptors (Lipinski definition) is 2. The van der Waals surface area contributed by atoms with Gasteiger partial charge in [-0.2, -0.15) is 0 Å². The van der Waals surface area contributed by atoms with Crippen molar-refractivity contribution < 1.29 is 9.90 Å². The SMILES string of the molecule is O=C(O)C1CCC1[CH]Cc1ccc(Cl)s1. The van der Waals surface area contributed by atoms with Crippen LogP contribution >= 0.6 is 22.9 Å². The first-order valence-electron chi connectivity index (χ1n) is 4.97. The molecule has 81 valence electrons. The molecular formula is C11H12ClO2S. The summed E-state index contributed by atoms with van der Waals surface area (Å²) in [6.07, 6.45) is 4.79. The lowest BCUT2D eigenvalue weighted by molar-refractivity contribution is -0.146. The Morgan fingerprint density at radius 1 is 1.60 bits per heavy atom. The Hall–Kier alpha value is -0.540. The summed E-state index contributed by atoms with van der Waals surface area (Å²) in [5, 5.41) is 8.87. The van der Waals surface area contributed by atoms with Crippen LogP contribution in [0, 0.1) is 18.3 Å². The Morgan fingerprint density at radius 3 is 2.87 bits per heavy atom. The number of carboxylic acid groups (broad SMARTS) is 1. The summed E-state index contributed by atoms with van der Waals surface area (Å²) >= 11 is 7.37. The molecule has 0 amide bonds. The molecule has 1 fully saturated rings. The van der Waals surface area contributed by atoms with Gasteiger partial charge >= 0.3 is 5.97 Å². The summed E-state index contributed by atoms with van der Waals surface area (Å²) in [7, 11) is 0. The van der Waals surface area contributed by atoms with Crippen LogP contribution in [0.15, 0.2) is 12.1 Å². The van der Waals surface area contributed by atoms with Gasteiger partial charge in [-0.3, -0.25) is 4.79 Å². The monoisotopic (exact) mass is 243 g/mol. The highest BCUT2D eigenvalue weighted by molar-refractivity contribution is 7.16. The fourth-order valence-electron chi connectivity index (χ4n) is 1.84. The van der Waals surface area contributed by atoms with Crippen molar-refractivity contribution in [3.8, 4) is 0 Å². The third-order valence-electron chi connectivity index (χ3n) is 2.90. The molecule has 1 heterocycles. The van der Waals surface area contributed by atoms with Crippen molar-refractivity contribution in [2.24, 2.45) is 11.8 Å². The summed E-state index contributed by atoms with van der Waals surface area (Å²) in [5.74, 6) is -0.560. The normalized spacial score (nSPS) is 24.9. The molecule has 1 saturated carbocycles. The van der Waals surface area contributed by atoms with E-state index >= 15 is 0 Å². The maximum Gasteiger partial charge on any atom is 0.306 e. The van der Waals surface area contributed by atoms with Crippen molar-refractivity contribution in [1.82, 2.24) is 0 Å². The molecule has 1 aromatic rings. The average molecular weight is 244 g/mol. The van der Waals surface area contributed by atoms with Gasteiger partial charge in [0.05, 0.1) is 10.3 Å². The molecule has 1 radical (unpaired) electrons. The molecule has 1 aromatic heterocycles. The molecule has 2 nitrogen and oxygen atoms in total. The van der Waals surface area contributed by atoms with E-state index in [0.717, 1.165) is 23.6 Å². The van der Waals surface area contributed by atoms with Crippen molar-refractivity contribution in [3.63, 3.8) is 0 Å². The largest absolute Gasteiger partial charge is 0.481 e. The van der Waals surface area contributed by atoms with Crippen LogP contribution in [0.2, 0.25) is 4.34 Å². The van der Waals surface area contributed by atoms with Crippen LogP contribution in [-0.2, 0) is 11.2 Å². The van der Waals surface area contributed by atoms with E-state index in [-0.39, 0.29) is 11.8 Å². The van der Waals surface area contributed by atoms with E-state index in [0.29, 0.717) is 0 Å². The highest BCUT2D eigenvalue weighted by atomic mass is 35.5. The first-order chi connectivity index (χ1) is 7.16. The molecule has 2 unspecified atom stereocenters. The maximum atomic E-state index is 10.8. The zero-order chi connectivity index (χ0) is 10.8. The third kappa shape index (κ3) is 2.52. The predicted octanol–water partition coefficient (Wildman–Crippen LogP) is 3.26. The van der Waals surface area contributed by atoms with Crippen LogP contribution in [-0.4, -0.2) is 11.1 Å². The van der Waals surface area contributed by atoms with E-state index in [4.69, 9.17) is 16.7 Å². The van der Waals surface area contributed by atoms with Crippen LogP contribution in [0.5, 0.6) is 0 Å². The van der Waals surface area contributed by atoms with Crippen LogP contribution in [0.4, 0.5) is 0 Å². The van der Waals surface area contributed by atoms with Gasteiger partial charge in [0.2, 0.25) is 0 Å². The minimum atomic E-state index is -0.660. The number of hydrogen-bond donors (Lipinski definition) is 1. The molecule has 2 atom stereocenters. The fourth-order valence-corrected chi connectivity index (χ4v) is 2.91. The molecule has 1 N–H and O–H groups in total. The lowest BCUT2D eigenvalue weighted by atomic mass is 9.71. The van der Waals surface area contributed by atoms with Gasteiger partial charge in [-0.05, 0) is 43.7 Å². The second kappa shape index (κ2) is 4.54. The number of halogens is 1. The van der Waals surface area contributed by atoms with Crippen LogP contribution in [0.3, 0.4) is 0 Å². The minimum Gasteiger partial charge on any atom is -0.481 e. The average Bonchev–Trinajstić information content (AvgIpc) is 2.48. The molecule has 0 spiro atoms. The lowest BCUT2D eigenvalue weighted by Gasteiger charge is -2.32. The smallest absolute Gasteiger partial charge is 0.306 e. The summed E-state index contributed by atoms with van der Waals surface area (Å²) in [6.45, 7) is 0. The molecule has 0 aliphatic heterocycles. The Morgan fingerprint density at radius 2 is 2.40 bits per heavy atom. The Balaban J connectivity index is 1.81. The van der Waals surface area contributed by atoms with Gasteiger partial charge in [0.1, 0.15) is 0 Å². The van der Waals surface area contributed by atoms with Gasteiger partial charge in [0.15, 0.2) is 0 Å². The van der Waals surface area contributed by atoms with E-state index in [1.54, 1.807) is 11.3 Å². The van der Waals surface area contributed by atoms with Crippen molar-refractivity contribution in [2.45, 2.75) is 19.3 Å². The Kier molecular flexibility index (Phi) is 3.32. The summed E-state index contributed by atoms with van der Waals surface area (Å²) in [4.78, 5) is 12.0. The first-order valence-corrected chi connectivity index (χ1v) is 6.16. The van der Waals surface area contributed by atoms with Crippen molar-refractivity contribution in [1.29, 1.82) is 0 Å². The zero-order valence-electron chi connectivity index (χ0n) is 8.15. The van der Waals surface area contributed by atoms with E-state index < -0.39 is 5.97 Å². The van der Waals surface area contributed by atoms with Crippen LogP contribution < -0.4 is 0 Å². The first kappa shape index (κ1) is 11.0. The van der Waals surface area contributed by atoms with Gasteiger partial charge in [0, 0.05) is 4.88 Å². The van der Waals surface area contributed by atoms with Gasteiger partial charge in [-0.1, -0.05) is 11.6 Å². The van der Waals surface area contributed by atoms with Crippen LogP contribution in [0.1, 0.15) is 17.7 Å². The number of rotatable bonds is 4. The van der Waals surface area contributed by atoms with E-state index in [1.807, 2.05) is 12.1 Å². The van der Waals surface area contributed by atoms with Crippen molar-refractivity contribution in [2.75, 3.05) is 0 Å². The topological polar surface area (TPSA) is 37.3 Å². The highest BCUT2D eigenvalue weighted by Gasteiger charge is 2.35. The van der Waals surface area contributed by atoms with Crippen molar-refractivity contribution >= 4 is 28.9 Å². The van der Waals surface area contributed by atoms with Gasteiger partial charge in [0.25, 0.3) is 0 Å². The molecule has 1 aliphatic rings. The van der Waals surface area contributed by atoms with E-state index in [9.17, 15) is 4.79 Å². The Labute approximate surface area is 97.9 Å². The van der Waals surface area contributed by atoms with Gasteiger partial charge < -0.3 is 5.11 Å². The summed E-state index contributed by atoms with van der Waals surface area (Å²) < 4.78 is 0.793.